The molecule has 21 heavy (non-hydrogen) atoms. The lowest BCUT2D eigenvalue weighted by Crippen LogP contribution is -2.09. The molecule has 0 aliphatic rings. The van der Waals surface area contributed by atoms with E-state index in [1.54, 1.807) is 7.11 Å². The Morgan fingerprint density at radius 1 is 0.952 bits per heavy atom. The van der Waals surface area contributed by atoms with Crippen molar-refractivity contribution >= 4 is 22.4 Å². The van der Waals surface area contributed by atoms with Crippen LogP contribution in [-0.2, 0) is 15.4 Å². The highest BCUT2D eigenvalue weighted by atomic mass is 35.5. The standard InChI is InChI=1S/C17H21ClO3/c1-19-9-4-10-20-11-12-21-17-8-7-14-5-2-3-6-15(14)16(17)13-18/h2-3,5-8H,4,9-13H2,1H3. The first-order valence-electron chi connectivity index (χ1n) is 7.13. The molecule has 0 N–H and O–H groups in total. The molecule has 2 aromatic carbocycles. The molecule has 0 saturated heterocycles. The van der Waals surface area contributed by atoms with Crippen molar-refractivity contribution in [3.05, 3.63) is 42.0 Å². The molecule has 0 amide bonds. The highest BCUT2D eigenvalue weighted by Gasteiger charge is 2.07. The average Bonchev–Trinajstić information content (AvgIpc) is 2.53. The van der Waals surface area contributed by atoms with Crippen molar-refractivity contribution < 1.29 is 14.2 Å². The summed E-state index contributed by atoms with van der Waals surface area (Å²) in [4.78, 5) is 0. The Balaban J connectivity index is 1.90. The van der Waals surface area contributed by atoms with Gasteiger partial charge in [-0.1, -0.05) is 30.3 Å². The zero-order valence-electron chi connectivity index (χ0n) is 12.3. The van der Waals surface area contributed by atoms with Gasteiger partial charge >= 0.3 is 0 Å². The summed E-state index contributed by atoms with van der Waals surface area (Å²) in [5, 5.41) is 2.32. The Morgan fingerprint density at radius 2 is 1.81 bits per heavy atom. The van der Waals surface area contributed by atoms with Gasteiger partial charge in [-0.3, -0.25) is 0 Å². The smallest absolute Gasteiger partial charge is 0.124 e. The van der Waals surface area contributed by atoms with E-state index in [9.17, 15) is 0 Å². The second-order valence-corrected chi connectivity index (χ2v) is 4.97. The molecule has 3 nitrogen and oxygen atoms in total. The monoisotopic (exact) mass is 308 g/mol. The van der Waals surface area contributed by atoms with Crippen molar-refractivity contribution in [3.8, 4) is 5.75 Å². The fourth-order valence-corrected chi connectivity index (χ4v) is 2.48. The fourth-order valence-electron chi connectivity index (χ4n) is 2.21. The van der Waals surface area contributed by atoms with Gasteiger partial charge in [0.25, 0.3) is 0 Å². The molecule has 2 aromatic rings. The van der Waals surface area contributed by atoms with Crippen LogP contribution < -0.4 is 4.74 Å². The number of alkyl halides is 1. The van der Waals surface area contributed by atoms with Gasteiger partial charge in [-0.2, -0.15) is 0 Å². The van der Waals surface area contributed by atoms with Crippen LogP contribution in [0.15, 0.2) is 36.4 Å². The van der Waals surface area contributed by atoms with Crippen LogP contribution in [0.25, 0.3) is 10.8 Å². The second kappa shape index (κ2) is 8.88. The van der Waals surface area contributed by atoms with Gasteiger partial charge in [0, 0.05) is 25.9 Å². The summed E-state index contributed by atoms with van der Waals surface area (Å²) in [6.07, 6.45) is 0.902. The van der Waals surface area contributed by atoms with E-state index in [-0.39, 0.29) is 0 Å². The summed E-state index contributed by atoms with van der Waals surface area (Å²) in [6, 6.07) is 12.2. The van der Waals surface area contributed by atoms with E-state index in [1.165, 1.54) is 5.39 Å². The van der Waals surface area contributed by atoms with Gasteiger partial charge in [0.2, 0.25) is 0 Å². The number of hydrogen-bond donors (Lipinski definition) is 0. The quantitative estimate of drug-likeness (QED) is 0.517. The first-order valence-corrected chi connectivity index (χ1v) is 7.66. The third kappa shape index (κ3) is 4.60. The van der Waals surface area contributed by atoms with E-state index in [2.05, 4.69) is 18.2 Å². The second-order valence-electron chi connectivity index (χ2n) is 4.70. The molecule has 0 fully saturated rings. The minimum atomic E-state index is 0.436. The third-order valence-corrected chi connectivity index (χ3v) is 3.52. The van der Waals surface area contributed by atoms with Crippen LogP contribution >= 0.6 is 11.6 Å². The maximum atomic E-state index is 6.08. The number of fused-ring (bicyclic) bond motifs is 1. The Hall–Kier alpha value is -1.29. The van der Waals surface area contributed by atoms with Crippen LogP contribution in [0.4, 0.5) is 0 Å². The molecule has 4 heteroatoms. The molecule has 0 bridgehead atoms. The van der Waals surface area contributed by atoms with Crippen molar-refractivity contribution in [1.82, 2.24) is 0 Å². The van der Waals surface area contributed by atoms with Gasteiger partial charge in [0.05, 0.1) is 12.5 Å². The van der Waals surface area contributed by atoms with Gasteiger partial charge in [0.1, 0.15) is 12.4 Å². The molecule has 0 radical (unpaired) electrons. The summed E-state index contributed by atoms with van der Waals surface area (Å²) < 4.78 is 16.2. The third-order valence-electron chi connectivity index (χ3n) is 3.25. The van der Waals surface area contributed by atoms with E-state index in [1.807, 2.05) is 18.2 Å². The van der Waals surface area contributed by atoms with E-state index in [0.717, 1.165) is 29.7 Å². The first-order chi connectivity index (χ1) is 10.4. The van der Waals surface area contributed by atoms with Gasteiger partial charge in [-0.25, -0.2) is 0 Å². The van der Waals surface area contributed by atoms with Gasteiger partial charge < -0.3 is 14.2 Å². The minimum Gasteiger partial charge on any atom is -0.491 e. The topological polar surface area (TPSA) is 27.7 Å². The van der Waals surface area contributed by atoms with Gasteiger partial charge in [-0.05, 0) is 23.3 Å². The number of hydrogen-bond acceptors (Lipinski definition) is 3. The number of ether oxygens (including phenoxy) is 3. The van der Waals surface area contributed by atoms with Crippen LogP contribution in [0.5, 0.6) is 5.75 Å². The molecular weight excluding hydrogens is 288 g/mol. The van der Waals surface area contributed by atoms with Crippen LogP contribution in [0, 0.1) is 0 Å². The predicted octanol–water partition coefficient (Wildman–Crippen LogP) is 4.01. The summed E-state index contributed by atoms with van der Waals surface area (Å²) in [5.74, 6) is 1.27. The van der Waals surface area contributed by atoms with Crippen molar-refractivity contribution in [3.63, 3.8) is 0 Å². The molecular formula is C17H21ClO3. The Kier molecular flexibility index (Phi) is 6.80. The SMILES string of the molecule is COCCCOCCOc1ccc2ccccc2c1CCl. The maximum absolute atomic E-state index is 6.08. The maximum Gasteiger partial charge on any atom is 0.124 e. The molecule has 0 unspecified atom stereocenters. The van der Waals surface area contributed by atoms with Crippen molar-refractivity contribution in [2.75, 3.05) is 33.5 Å². The Morgan fingerprint density at radius 3 is 2.62 bits per heavy atom. The molecule has 0 spiro atoms. The predicted molar refractivity (Wildman–Crippen MR) is 86.3 cm³/mol. The molecule has 0 aliphatic heterocycles. The molecule has 0 saturated carbocycles. The molecule has 114 valence electrons. The number of benzene rings is 2. The van der Waals surface area contributed by atoms with Crippen LogP contribution in [0.2, 0.25) is 0 Å². The lowest BCUT2D eigenvalue weighted by Gasteiger charge is -2.12. The number of halogens is 1. The van der Waals surface area contributed by atoms with Crippen LogP contribution in [0.1, 0.15) is 12.0 Å². The van der Waals surface area contributed by atoms with Gasteiger partial charge in [-0.15, -0.1) is 11.6 Å². The van der Waals surface area contributed by atoms with E-state index < -0.39 is 0 Å². The minimum absolute atomic E-state index is 0.436. The highest BCUT2D eigenvalue weighted by Crippen LogP contribution is 2.29. The lowest BCUT2D eigenvalue weighted by molar-refractivity contribution is 0.0805. The average molecular weight is 309 g/mol. The van der Waals surface area contributed by atoms with Crippen LogP contribution in [-0.4, -0.2) is 33.5 Å². The molecule has 0 aliphatic carbocycles. The summed E-state index contributed by atoms with van der Waals surface area (Å²) >= 11 is 6.08. The van der Waals surface area contributed by atoms with Crippen molar-refractivity contribution in [2.45, 2.75) is 12.3 Å². The van der Waals surface area contributed by atoms with E-state index in [4.69, 9.17) is 25.8 Å². The summed E-state index contributed by atoms with van der Waals surface area (Å²) in [7, 11) is 1.69. The highest BCUT2D eigenvalue weighted by molar-refractivity contribution is 6.18. The molecule has 0 atom stereocenters. The van der Waals surface area contributed by atoms with E-state index >= 15 is 0 Å². The molecule has 0 heterocycles. The fraction of sp³-hybridized carbons (Fsp3) is 0.412. The normalized spacial score (nSPS) is 11.0. The molecule has 0 aromatic heterocycles. The van der Waals surface area contributed by atoms with Gasteiger partial charge in [0.15, 0.2) is 0 Å². The Labute approximate surface area is 130 Å². The Bertz CT molecular complexity index is 557. The number of rotatable bonds is 9. The largest absolute Gasteiger partial charge is 0.491 e. The first kappa shape index (κ1) is 16.1. The number of methoxy groups -OCH3 is 1. The zero-order chi connectivity index (χ0) is 14.9. The van der Waals surface area contributed by atoms with Crippen molar-refractivity contribution in [1.29, 1.82) is 0 Å². The summed E-state index contributed by atoms with van der Waals surface area (Å²) in [6.45, 7) is 2.51. The van der Waals surface area contributed by atoms with Crippen LogP contribution in [0.3, 0.4) is 0 Å². The molecule has 2 rings (SSSR count). The zero-order valence-corrected chi connectivity index (χ0v) is 13.1. The van der Waals surface area contributed by atoms with E-state index in [0.29, 0.717) is 25.7 Å². The lowest BCUT2D eigenvalue weighted by atomic mass is 10.0. The summed E-state index contributed by atoms with van der Waals surface area (Å²) in [5.41, 5.74) is 1.04. The van der Waals surface area contributed by atoms with Crippen molar-refractivity contribution in [2.24, 2.45) is 0 Å².